The number of nitrogens with zero attached hydrogens (tertiary/aromatic N) is 3. The molecule has 0 atom stereocenters. The third-order valence-corrected chi connectivity index (χ3v) is 5.16. The number of likely N-dealkylation sites (N-methyl/N-ethyl adjacent to an activating group) is 1. The molecule has 1 aromatic heterocycles. The molecule has 0 saturated carbocycles. The van der Waals surface area contributed by atoms with Crippen LogP contribution in [0.25, 0.3) is 6.08 Å². The number of para-hydroxylation sites is 1. The SMILES string of the molecule is COCCn1c(C)cc(/C=C2\C(=O)N(c3ccccc3)C(=S)N2C)c1C. The van der Waals surface area contributed by atoms with E-state index in [2.05, 4.69) is 24.5 Å². The average molecular weight is 369 g/mol. The summed E-state index contributed by atoms with van der Waals surface area (Å²) in [5.74, 6) is -0.106. The van der Waals surface area contributed by atoms with Gasteiger partial charge in [0.1, 0.15) is 5.70 Å². The van der Waals surface area contributed by atoms with Gasteiger partial charge in [-0.2, -0.15) is 0 Å². The van der Waals surface area contributed by atoms with Crippen LogP contribution in [0.2, 0.25) is 0 Å². The lowest BCUT2D eigenvalue weighted by Crippen LogP contribution is -2.30. The summed E-state index contributed by atoms with van der Waals surface area (Å²) in [4.78, 5) is 16.4. The normalized spacial score (nSPS) is 16.2. The predicted molar refractivity (Wildman–Crippen MR) is 108 cm³/mol. The molecule has 0 spiro atoms. The van der Waals surface area contributed by atoms with Gasteiger partial charge in [0.2, 0.25) is 0 Å². The molecule has 2 heterocycles. The van der Waals surface area contributed by atoms with Crippen LogP contribution in [0.1, 0.15) is 17.0 Å². The molecule has 1 fully saturated rings. The molecule has 5 nitrogen and oxygen atoms in total. The Labute approximate surface area is 159 Å². The molecule has 1 saturated heterocycles. The Morgan fingerprint density at radius 1 is 1.19 bits per heavy atom. The van der Waals surface area contributed by atoms with Crippen molar-refractivity contribution in [3.63, 3.8) is 0 Å². The smallest absolute Gasteiger partial charge is 0.281 e. The molecule has 136 valence electrons. The lowest BCUT2D eigenvalue weighted by Gasteiger charge is -2.16. The van der Waals surface area contributed by atoms with Gasteiger partial charge >= 0.3 is 0 Å². The Morgan fingerprint density at radius 2 is 1.88 bits per heavy atom. The Morgan fingerprint density at radius 3 is 2.54 bits per heavy atom. The first-order valence-electron chi connectivity index (χ1n) is 8.50. The zero-order valence-electron chi connectivity index (χ0n) is 15.5. The molecule has 1 aromatic carbocycles. The highest BCUT2D eigenvalue weighted by Gasteiger charge is 2.36. The number of ether oxygens (including phenoxy) is 1. The number of thiocarbonyl (C=S) groups is 1. The summed E-state index contributed by atoms with van der Waals surface area (Å²) >= 11 is 5.51. The number of rotatable bonds is 5. The van der Waals surface area contributed by atoms with Crippen LogP contribution in [-0.4, -0.2) is 41.3 Å². The van der Waals surface area contributed by atoms with E-state index >= 15 is 0 Å². The van der Waals surface area contributed by atoms with Gasteiger partial charge in [-0.05, 0) is 55.9 Å². The zero-order valence-corrected chi connectivity index (χ0v) is 16.3. The fourth-order valence-corrected chi connectivity index (χ4v) is 3.50. The summed E-state index contributed by atoms with van der Waals surface area (Å²) in [7, 11) is 3.53. The van der Waals surface area contributed by atoms with Gasteiger partial charge < -0.3 is 14.2 Å². The summed E-state index contributed by atoms with van der Waals surface area (Å²) in [5.41, 5.74) is 4.62. The van der Waals surface area contributed by atoms with Crippen LogP contribution in [0.3, 0.4) is 0 Å². The number of hydrogen-bond acceptors (Lipinski definition) is 3. The second-order valence-corrected chi connectivity index (χ2v) is 6.68. The second kappa shape index (κ2) is 7.43. The first kappa shape index (κ1) is 18.4. The molecular weight excluding hydrogens is 346 g/mol. The van der Waals surface area contributed by atoms with Crippen molar-refractivity contribution in [2.24, 2.45) is 0 Å². The molecule has 0 N–H and O–H groups in total. The number of aryl methyl sites for hydroxylation is 1. The maximum atomic E-state index is 13.0. The van der Waals surface area contributed by atoms with E-state index in [1.165, 1.54) is 0 Å². The van der Waals surface area contributed by atoms with Gasteiger partial charge in [-0.25, -0.2) is 0 Å². The van der Waals surface area contributed by atoms with E-state index in [0.29, 0.717) is 17.4 Å². The highest BCUT2D eigenvalue weighted by molar-refractivity contribution is 7.80. The minimum Gasteiger partial charge on any atom is -0.383 e. The van der Waals surface area contributed by atoms with Crippen molar-refractivity contribution in [2.45, 2.75) is 20.4 Å². The van der Waals surface area contributed by atoms with E-state index in [9.17, 15) is 4.79 Å². The summed E-state index contributed by atoms with van der Waals surface area (Å²) in [6.45, 7) is 5.56. The molecule has 0 aliphatic carbocycles. The van der Waals surface area contributed by atoms with Crippen LogP contribution in [0, 0.1) is 13.8 Å². The third-order valence-electron chi connectivity index (χ3n) is 4.70. The van der Waals surface area contributed by atoms with E-state index in [4.69, 9.17) is 17.0 Å². The minimum atomic E-state index is -0.106. The molecule has 1 aliphatic heterocycles. The van der Waals surface area contributed by atoms with Crippen molar-refractivity contribution in [1.82, 2.24) is 9.47 Å². The first-order chi connectivity index (χ1) is 12.5. The number of amides is 1. The van der Waals surface area contributed by atoms with Crippen LogP contribution in [-0.2, 0) is 16.1 Å². The van der Waals surface area contributed by atoms with Crippen LogP contribution < -0.4 is 4.90 Å². The molecule has 1 amide bonds. The number of methoxy groups -OCH3 is 1. The zero-order chi connectivity index (χ0) is 18.8. The summed E-state index contributed by atoms with van der Waals surface area (Å²) in [6, 6.07) is 11.6. The van der Waals surface area contributed by atoms with Gasteiger partial charge in [0, 0.05) is 32.1 Å². The topological polar surface area (TPSA) is 37.7 Å². The van der Waals surface area contributed by atoms with Crippen LogP contribution in [0.15, 0.2) is 42.1 Å². The minimum absolute atomic E-state index is 0.106. The molecule has 1 aliphatic rings. The average Bonchev–Trinajstić information content (AvgIpc) is 3.02. The predicted octanol–water partition coefficient (Wildman–Crippen LogP) is 3.36. The molecule has 0 bridgehead atoms. The number of hydrogen-bond donors (Lipinski definition) is 0. The molecule has 6 heteroatoms. The van der Waals surface area contributed by atoms with Crippen LogP contribution in [0.5, 0.6) is 0 Å². The Kier molecular flexibility index (Phi) is 5.25. The highest BCUT2D eigenvalue weighted by Crippen LogP contribution is 2.28. The van der Waals surface area contributed by atoms with Crippen LogP contribution >= 0.6 is 12.2 Å². The van der Waals surface area contributed by atoms with Crippen molar-refractivity contribution in [3.8, 4) is 0 Å². The van der Waals surface area contributed by atoms with Gasteiger partial charge in [-0.1, -0.05) is 18.2 Å². The molecule has 3 rings (SSSR count). The number of anilines is 1. The van der Waals surface area contributed by atoms with Gasteiger partial charge in [-0.15, -0.1) is 0 Å². The summed E-state index contributed by atoms with van der Waals surface area (Å²) < 4.78 is 7.38. The molecule has 0 unspecified atom stereocenters. The van der Waals surface area contributed by atoms with Gasteiger partial charge in [0.15, 0.2) is 5.11 Å². The second-order valence-electron chi connectivity index (χ2n) is 6.32. The van der Waals surface area contributed by atoms with Crippen molar-refractivity contribution in [2.75, 3.05) is 25.7 Å². The Balaban J connectivity index is 1.97. The van der Waals surface area contributed by atoms with Gasteiger partial charge in [0.25, 0.3) is 5.91 Å². The van der Waals surface area contributed by atoms with Crippen molar-refractivity contribution in [3.05, 3.63) is 59.0 Å². The maximum Gasteiger partial charge on any atom is 0.281 e. The van der Waals surface area contributed by atoms with Gasteiger partial charge in [0.05, 0.1) is 12.3 Å². The van der Waals surface area contributed by atoms with Crippen LogP contribution in [0.4, 0.5) is 5.69 Å². The first-order valence-corrected chi connectivity index (χ1v) is 8.91. The summed E-state index contributed by atoms with van der Waals surface area (Å²) in [5, 5.41) is 0.487. The largest absolute Gasteiger partial charge is 0.383 e. The molecule has 0 radical (unpaired) electrons. The number of carbonyl (C=O) groups is 1. The summed E-state index contributed by atoms with van der Waals surface area (Å²) in [6.07, 6.45) is 1.92. The fraction of sp³-hybridized carbons (Fsp3) is 0.300. The fourth-order valence-electron chi connectivity index (χ4n) is 3.21. The highest BCUT2D eigenvalue weighted by atomic mass is 32.1. The monoisotopic (exact) mass is 369 g/mol. The van der Waals surface area contributed by atoms with E-state index in [-0.39, 0.29) is 5.91 Å². The van der Waals surface area contributed by atoms with E-state index in [0.717, 1.165) is 29.2 Å². The Bertz CT molecular complexity index is 871. The van der Waals surface area contributed by atoms with Crippen molar-refractivity contribution >= 4 is 35.0 Å². The maximum absolute atomic E-state index is 13.0. The molecule has 2 aromatic rings. The van der Waals surface area contributed by atoms with Crippen molar-refractivity contribution in [1.29, 1.82) is 0 Å². The third kappa shape index (κ3) is 3.18. The van der Waals surface area contributed by atoms with E-state index < -0.39 is 0 Å². The lowest BCUT2D eigenvalue weighted by molar-refractivity contribution is -0.114. The van der Waals surface area contributed by atoms with E-state index in [1.807, 2.05) is 43.5 Å². The van der Waals surface area contributed by atoms with Crippen molar-refractivity contribution < 1.29 is 9.53 Å². The lowest BCUT2D eigenvalue weighted by atomic mass is 10.2. The van der Waals surface area contributed by atoms with E-state index in [1.54, 1.807) is 16.9 Å². The van der Waals surface area contributed by atoms with Gasteiger partial charge in [-0.3, -0.25) is 9.69 Å². The number of benzene rings is 1. The number of aromatic nitrogens is 1. The molecular formula is C20H23N3O2S. The number of carbonyl (C=O) groups excluding carboxylic acids is 1. The standard InChI is InChI=1S/C20H23N3O2S/c1-14-12-16(15(2)22(14)10-11-25-4)13-18-19(24)23(20(26)21(18)3)17-8-6-5-7-9-17/h5-9,12-13H,10-11H2,1-4H3/b18-13+. The quantitative estimate of drug-likeness (QED) is 0.598. The molecule has 26 heavy (non-hydrogen) atoms. The Hall–Kier alpha value is -2.44.